The highest BCUT2D eigenvalue weighted by molar-refractivity contribution is 5.71. The molecule has 0 radical (unpaired) electrons. The van der Waals surface area contributed by atoms with Crippen LogP contribution in [-0.4, -0.2) is 37.2 Å². The van der Waals surface area contributed by atoms with E-state index in [9.17, 15) is 14.4 Å². The Morgan fingerprint density at radius 2 is 0.627 bits per heavy atom. The summed E-state index contributed by atoms with van der Waals surface area (Å²) in [5, 5.41) is 0. The number of allylic oxidation sites excluding steroid dienone is 16. The molecule has 0 amide bonds. The molecule has 0 aromatic heterocycles. The Kier molecular flexibility index (Phi) is 51.9. The first-order chi connectivity index (χ1) is 33.0. The van der Waals surface area contributed by atoms with Gasteiger partial charge in [0.2, 0.25) is 0 Å². The minimum absolute atomic E-state index is 0.0927. The predicted octanol–water partition coefficient (Wildman–Crippen LogP) is 18.5. The van der Waals surface area contributed by atoms with E-state index >= 15 is 0 Å². The number of rotatable bonds is 49. The summed E-state index contributed by atoms with van der Waals surface area (Å²) in [7, 11) is 0. The van der Waals surface area contributed by atoms with Crippen molar-refractivity contribution in [3.63, 3.8) is 0 Å². The van der Waals surface area contributed by atoms with Crippen molar-refractivity contribution in [2.45, 2.75) is 258 Å². The zero-order valence-corrected chi connectivity index (χ0v) is 43.6. The van der Waals surface area contributed by atoms with Crippen LogP contribution in [0.5, 0.6) is 0 Å². The molecule has 0 fully saturated rings. The number of esters is 3. The maximum atomic E-state index is 12.8. The molecule has 0 heterocycles. The van der Waals surface area contributed by atoms with Gasteiger partial charge in [0.15, 0.2) is 6.10 Å². The molecule has 0 aromatic carbocycles. The van der Waals surface area contributed by atoms with E-state index in [1.165, 1.54) is 89.9 Å². The molecule has 0 aliphatic rings. The largest absolute Gasteiger partial charge is 0.462 e. The Balaban J connectivity index is 4.42. The molecule has 382 valence electrons. The van der Waals surface area contributed by atoms with Crippen molar-refractivity contribution < 1.29 is 28.6 Å². The van der Waals surface area contributed by atoms with E-state index in [-0.39, 0.29) is 31.1 Å². The Bertz CT molecular complexity index is 1350. The van der Waals surface area contributed by atoms with E-state index in [1.807, 2.05) is 0 Å². The fourth-order valence-corrected chi connectivity index (χ4v) is 7.46. The molecule has 0 aliphatic carbocycles. The second kappa shape index (κ2) is 54.9. The first-order valence-corrected chi connectivity index (χ1v) is 27.8. The van der Waals surface area contributed by atoms with Crippen LogP contribution in [0.2, 0.25) is 0 Å². The first kappa shape index (κ1) is 63.3. The van der Waals surface area contributed by atoms with Gasteiger partial charge in [-0.05, 0) is 109 Å². The minimum atomic E-state index is -0.796. The highest BCUT2D eigenvalue weighted by Crippen LogP contribution is 2.15. The van der Waals surface area contributed by atoms with Crippen LogP contribution in [0.15, 0.2) is 97.2 Å². The van der Waals surface area contributed by atoms with Crippen LogP contribution < -0.4 is 0 Å². The maximum Gasteiger partial charge on any atom is 0.306 e. The molecule has 0 N–H and O–H groups in total. The Morgan fingerprint density at radius 3 is 1.00 bits per heavy atom. The lowest BCUT2D eigenvalue weighted by Crippen LogP contribution is -2.30. The third-order valence-corrected chi connectivity index (χ3v) is 11.6. The molecule has 0 spiro atoms. The standard InChI is InChI=1S/C61H102O6/c1-4-7-10-13-16-19-22-25-28-30-31-32-34-36-39-42-45-48-51-54-60(63)66-57-58(56-65-59(62)53-50-47-44-41-38-35-27-24-21-18-15-12-9-6-3)67-61(64)55-52-49-46-43-40-37-33-29-26-23-20-17-14-11-8-5-2/h8-9,11-12,16-22,25-27,29,35,58H,4-7,10,13-15,23-24,28,30-34,36-57H2,1-3H3/b11-8-,12-9-,19-16-,20-17-,21-18-,25-22-,29-26-,35-27-. The van der Waals surface area contributed by atoms with Gasteiger partial charge >= 0.3 is 17.9 Å². The van der Waals surface area contributed by atoms with E-state index in [4.69, 9.17) is 14.2 Å². The summed E-state index contributed by atoms with van der Waals surface area (Å²) in [6.07, 6.45) is 72.5. The fourth-order valence-electron chi connectivity index (χ4n) is 7.46. The monoisotopic (exact) mass is 931 g/mol. The normalized spacial score (nSPS) is 12.8. The summed E-state index contributed by atoms with van der Waals surface area (Å²) in [5.74, 6) is -0.931. The number of carbonyl (C=O) groups excluding carboxylic acids is 3. The molecule has 1 unspecified atom stereocenters. The number of hydrogen-bond donors (Lipinski definition) is 0. The predicted molar refractivity (Wildman–Crippen MR) is 288 cm³/mol. The maximum absolute atomic E-state index is 12.8. The summed E-state index contributed by atoms with van der Waals surface area (Å²) < 4.78 is 16.8. The van der Waals surface area contributed by atoms with Crippen molar-refractivity contribution >= 4 is 17.9 Å². The smallest absolute Gasteiger partial charge is 0.306 e. The molecule has 6 heteroatoms. The molecule has 67 heavy (non-hydrogen) atoms. The molecular weight excluding hydrogens is 829 g/mol. The molecule has 0 rings (SSSR count). The van der Waals surface area contributed by atoms with Gasteiger partial charge < -0.3 is 14.2 Å². The average molecular weight is 931 g/mol. The molecule has 1 atom stereocenters. The van der Waals surface area contributed by atoms with Gasteiger partial charge in [-0.15, -0.1) is 0 Å². The summed E-state index contributed by atoms with van der Waals surface area (Å²) in [5.41, 5.74) is 0. The number of carbonyl (C=O) groups is 3. The Labute approximate surface area is 413 Å². The third kappa shape index (κ3) is 53.2. The van der Waals surface area contributed by atoms with Gasteiger partial charge in [-0.25, -0.2) is 0 Å². The van der Waals surface area contributed by atoms with E-state index < -0.39 is 6.10 Å². The molecule has 6 nitrogen and oxygen atoms in total. The second-order valence-electron chi connectivity index (χ2n) is 18.1. The highest BCUT2D eigenvalue weighted by atomic mass is 16.6. The Morgan fingerprint density at radius 1 is 0.328 bits per heavy atom. The van der Waals surface area contributed by atoms with Crippen LogP contribution in [0.1, 0.15) is 252 Å². The van der Waals surface area contributed by atoms with Gasteiger partial charge in [-0.1, -0.05) is 221 Å². The lowest BCUT2D eigenvalue weighted by molar-refractivity contribution is -0.167. The van der Waals surface area contributed by atoms with Gasteiger partial charge in [0.25, 0.3) is 0 Å². The SMILES string of the molecule is CC/C=C\C/C=C\C/C=C\CCCCCCCCC(=O)OC(COC(=O)CCCCCC/C=C\C/C=C\C/C=C\CC)COC(=O)CCCCCCCCCCCC/C=C\C=C/CCCCC. The fraction of sp³-hybridized carbons (Fsp3) is 0.689. The van der Waals surface area contributed by atoms with Crippen molar-refractivity contribution in [3.8, 4) is 0 Å². The van der Waals surface area contributed by atoms with Crippen LogP contribution in [0.3, 0.4) is 0 Å². The van der Waals surface area contributed by atoms with Crippen LogP contribution in [-0.2, 0) is 28.6 Å². The minimum Gasteiger partial charge on any atom is -0.462 e. The van der Waals surface area contributed by atoms with Gasteiger partial charge in [0.1, 0.15) is 13.2 Å². The summed E-state index contributed by atoms with van der Waals surface area (Å²) in [6, 6.07) is 0. The molecule has 0 aliphatic heterocycles. The zero-order valence-electron chi connectivity index (χ0n) is 43.6. The molecule has 0 saturated heterocycles. The molecule has 0 aromatic rings. The van der Waals surface area contributed by atoms with Crippen molar-refractivity contribution in [2.75, 3.05) is 13.2 Å². The van der Waals surface area contributed by atoms with E-state index in [1.54, 1.807) is 0 Å². The lowest BCUT2D eigenvalue weighted by atomic mass is 10.1. The average Bonchev–Trinajstić information content (AvgIpc) is 3.33. The number of hydrogen-bond acceptors (Lipinski definition) is 6. The summed E-state index contributed by atoms with van der Waals surface area (Å²) >= 11 is 0. The first-order valence-electron chi connectivity index (χ1n) is 27.8. The van der Waals surface area contributed by atoms with E-state index in [2.05, 4.69) is 118 Å². The van der Waals surface area contributed by atoms with Gasteiger partial charge in [-0.2, -0.15) is 0 Å². The molecule has 0 bridgehead atoms. The van der Waals surface area contributed by atoms with Gasteiger partial charge in [0, 0.05) is 19.3 Å². The van der Waals surface area contributed by atoms with E-state index in [0.29, 0.717) is 19.3 Å². The van der Waals surface area contributed by atoms with Crippen molar-refractivity contribution in [1.82, 2.24) is 0 Å². The van der Waals surface area contributed by atoms with Crippen LogP contribution in [0.4, 0.5) is 0 Å². The summed E-state index contributed by atoms with van der Waals surface area (Å²) in [4.78, 5) is 38.1. The van der Waals surface area contributed by atoms with Gasteiger partial charge in [-0.3, -0.25) is 14.4 Å². The number of ether oxygens (including phenoxy) is 3. The topological polar surface area (TPSA) is 78.9 Å². The quantitative estimate of drug-likeness (QED) is 0.0199. The van der Waals surface area contributed by atoms with Crippen molar-refractivity contribution in [3.05, 3.63) is 97.2 Å². The zero-order chi connectivity index (χ0) is 48.6. The molecule has 0 saturated carbocycles. The lowest BCUT2D eigenvalue weighted by Gasteiger charge is -2.18. The van der Waals surface area contributed by atoms with Crippen molar-refractivity contribution in [1.29, 1.82) is 0 Å². The van der Waals surface area contributed by atoms with Crippen LogP contribution in [0, 0.1) is 0 Å². The number of unbranched alkanes of at least 4 members (excludes halogenated alkanes) is 23. The summed E-state index contributed by atoms with van der Waals surface area (Å²) in [6.45, 7) is 6.36. The van der Waals surface area contributed by atoms with Crippen LogP contribution in [0.25, 0.3) is 0 Å². The van der Waals surface area contributed by atoms with Gasteiger partial charge in [0.05, 0.1) is 0 Å². The third-order valence-electron chi connectivity index (χ3n) is 11.6. The van der Waals surface area contributed by atoms with E-state index in [0.717, 1.165) is 122 Å². The molecular formula is C61H102O6. The highest BCUT2D eigenvalue weighted by Gasteiger charge is 2.19. The Hall–Kier alpha value is -3.67. The van der Waals surface area contributed by atoms with Crippen molar-refractivity contribution in [2.24, 2.45) is 0 Å². The van der Waals surface area contributed by atoms with Crippen LogP contribution >= 0.6 is 0 Å². The second-order valence-corrected chi connectivity index (χ2v) is 18.1.